The first kappa shape index (κ1) is 22.3. The van der Waals surface area contributed by atoms with Gasteiger partial charge in [0.2, 0.25) is 0 Å². The van der Waals surface area contributed by atoms with Gasteiger partial charge in [-0.05, 0) is 60.0 Å². The van der Waals surface area contributed by atoms with E-state index in [9.17, 15) is 4.79 Å². The summed E-state index contributed by atoms with van der Waals surface area (Å²) in [5, 5.41) is 12.5. The van der Waals surface area contributed by atoms with Gasteiger partial charge in [0.05, 0.1) is 34.0 Å². The Hall–Kier alpha value is -2.90. The third-order valence-corrected chi connectivity index (χ3v) is 6.36. The topological polar surface area (TPSA) is 64.7 Å². The molecule has 164 valence electrons. The normalized spacial score (nSPS) is 11.0. The Labute approximate surface area is 200 Å². The Morgan fingerprint density at radius 1 is 1.03 bits per heavy atom. The molecule has 0 radical (unpaired) electrons. The summed E-state index contributed by atoms with van der Waals surface area (Å²) >= 11 is 9.75. The molecule has 0 spiro atoms. The number of hydrogen-bond acceptors (Lipinski definition) is 3. The van der Waals surface area contributed by atoms with Crippen molar-refractivity contribution in [3.05, 3.63) is 97.9 Å². The summed E-state index contributed by atoms with van der Waals surface area (Å²) in [5.41, 5.74) is 5.57. The fraction of sp³-hybridized carbons (Fsp3) is 0.208. The van der Waals surface area contributed by atoms with E-state index < -0.39 is 0 Å². The summed E-state index contributed by atoms with van der Waals surface area (Å²) in [6.07, 6.45) is 1.86. The molecule has 0 fully saturated rings. The zero-order chi connectivity index (χ0) is 22.8. The number of nitrogens with one attached hydrogen (secondary N) is 1. The van der Waals surface area contributed by atoms with E-state index in [0.717, 1.165) is 27.0 Å². The van der Waals surface area contributed by atoms with E-state index in [4.69, 9.17) is 11.6 Å². The molecule has 0 aliphatic rings. The Balaban J connectivity index is 1.47. The van der Waals surface area contributed by atoms with Crippen LogP contribution in [0.2, 0.25) is 5.02 Å². The van der Waals surface area contributed by atoms with Crippen LogP contribution in [0.4, 0.5) is 5.82 Å². The Kier molecular flexibility index (Phi) is 6.48. The second-order valence-electron chi connectivity index (χ2n) is 7.81. The standard InChI is InChI=1S/C24H23BrClN5O/c1-15-7-9-18(10-8-15)12-30-14-21(25)23(29-30)27-24(32)20-6-4-5-19(11-20)13-31-17(3)22(26)16(2)28-31/h4-11,14H,12-13H2,1-3H3,(H,27,29,32). The van der Waals surface area contributed by atoms with Crippen molar-refractivity contribution in [2.45, 2.75) is 33.9 Å². The predicted molar refractivity (Wildman–Crippen MR) is 130 cm³/mol. The van der Waals surface area contributed by atoms with Crippen molar-refractivity contribution >= 4 is 39.3 Å². The van der Waals surface area contributed by atoms with Crippen molar-refractivity contribution < 1.29 is 4.79 Å². The Morgan fingerprint density at radius 3 is 2.47 bits per heavy atom. The van der Waals surface area contributed by atoms with Crippen molar-refractivity contribution in [3.63, 3.8) is 0 Å². The summed E-state index contributed by atoms with van der Waals surface area (Å²) < 4.78 is 4.37. The van der Waals surface area contributed by atoms with Gasteiger partial charge in [0.15, 0.2) is 5.82 Å². The maximum absolute atomic E-state index is 12.9. The van der Waals surface area contributed by atoms with Crippen LogP contribution in [0.25, 0.3) is 0 Å². The van der Waals surface area contributed by atoms with E-state index >= 15 is 0 Å². The van der Waals surface area contributed by atoms with Gasteiger partial charge in [0.1, 0.15) is 0 Å². The first-order valence-electron chi connectivity index (χ1n) is 10.2. The Morgan fingerprint density at radius 2 is 1.78 bits per heavy atom. The van der Waals surface area contributed by atoms with Crippen molar-refractivity contribution in [2.24, 2.45) is 0 Å². The summed E-state index contributed by atoms with van der Waals surface area (Å²) in [6, 6.07) is 15.8. The molecule has 1 amide bonds. The second kappa shape index (κ2) is 9.30. The van der Waals surface area contributed by atoms with Gasteiger partial charge in [-0.1, -0.05) is 53.6 Å². The van der Waals surface area contributed by atoms with Crippen molar-refractivity contribution in [2.75, 3.05) is 5.32 Å². The van der Waals surface area contributed by atoms with E-state index in [1.54, 1.807) is 10.7 Å². The zero-order valence-electron chi connectivity index (χ0n) is 18.1. The van der Waals surface area contributed by atoms with Crippen LogP contribution in [0, 0.1) is 20.8 Å². The van der Waals surface area contributed by atoms with Crippen LogP contribution >= 0.6 is 27.5 Å². The molecular formula is C24H23BrClN5O. The molecule has 32 heavy (non-hydrogen) atoms. The molecule has 6 nitrogen and oxygen atoms in total. The molecular weight excluding hydrogens is 490 g/mol. The Bertz CT molecular complexity index is 1280. The predicted octanol–water partition coefficient (Wildman–Crippen LogP) is 5.77. The smallest absolute Gasteiger partial charge is 0.256 e. The summed E-state index contributed by atoms with van der Waals surface area (Å²) in [6.45, 7) is 7.03. The number of anilines is 1. The van der Waals surface area contributed by atoms with Crippen LogP contribution < -0.4 is 5.32 Å². The molecule has 2 aromatic carbocycles. The number of halogens is 2. The van der Waals surface area contributed by atoms with Crippen LogP contribution in [0.5, 0.6) is 0 Å². The second-order valence-corrected chi connectivity index (χ2v) is 9.04. The minimum Gasteiger partial charge on any atom is -0.304 e. The minimum atomic E-state index is -0.223. The number of nitrogens with zero attached hydrogens (tertiary/aromatic N) is 4. The first-order valence-corrected chi connectivity index (χ1v) is 11.4. The third kappa shape index (κ3) is 4.95. The van der Waals surface area contributed by atoms with Gasteiger partial charge in [0.25, 0.3) is 5.91 Å². The lowest BCUT2D eigenvalue weighted by molar-refractivity contribution is 0.102. The lowest BCUT2D eigenvalue weighted by Crippen LogP contribution is -2.14. The van der Waals surface area contributed by atoms with Crippen molar-refractivity contribution in [1.82, 2.24) is 19.6 Å². The summed E-state index contributed by atoms with van der Waals surface area (Å²) in [7, 11) is 0. The molecule has 1 N–H and O–H groups in total. The number of rotatable bonds is 6. The average Bonchev–Trinajstić information content (AvgIpc) is 3.23. The molecule has 0 saturated carbocycles. The fourth-order valence-corrected chi connectivity index (χ4v) is 3.99. The highest BCUT2D eigenvalue weighted by Crippen LogP contribution is 2.23. The van der Waals surface area contributed by atoms with E-state index in [-0.39, 0.29) is 5.91 Å². The molecule has 0 saturated heterocycles. The number of aromatic nitrogens is 4. The molecule has 2 heterocycles. The molecule has 0 bridgehead atoms. The lowest BCUT2D eigenvalue weighted by atomic mass is 10.1. The number of amides is 1. The number of carbonyl (C=O) groups is 1. The molecule has 0 atom stereocenters. The monoisotopic (exact) mass is 511 g/mol. The molecule has 0 unspecified atom stereocenters. The highest BCUT2D eigenvalue weighted by Gasteiger charge is 2.14. The quantitative estimate of drug-likeness (QED) is 0.357. The number of benzene rings is 2. The van der Waals surface area contributed by atoms with E-state index in [1.165, 1.54) is 5.56 Å². The zero-order valence-corrected chi connectivity index (χ0v) is 20.4. The SMILES string of the molecule is Cc1ccc(Cn2cc(Br)c(NC(=O)c3cccc(Cn4nc(C)c(Cl)c4C)c3)n2)cc1. The van der Waals surface area contributed by atoms with Crippen LogP contribution in [-0.4, -0.2) is 25.5 Å². The van der Waals surface area contributed by atoms with Crippen LogP contribution in [0.15, 0.2) is 59.2 Å². The molecule has 4 rings (SSSR count). The maximum Gasteiger partial charge on any atom is 0.256 e. The highest BCUT2D eigenvalue weighted by atomic mass is 79.9. The minimum absolute atomic E-state index is 0.223. The summed E-state index contributed by atoms with van der Waals surface area (Å²) in [5.74, 6) is 0.261. The van der Waals surface area contributed by atoms with Crippen LogP contribution in [-0.2, 0) is 13.1 Å². The molecule has 8 heteroatoms. The van der Waals surface area contributed by atoms with E-state index in [2.05, 4.69) is 62.6 Å². The molecule has 2 aromatic heterocycles. The van der Waals surface area contributed by atoms with E-state index in [0.29, 0.717) is 29.5 Å². The summed E-state index contributed by atoms with van der Waals surface area (Å²) in [4.78, 5) is 12.9. The van der Waals surface area contributed by atoms with Gasteiger partial charge in [-0.15, -0.1) is 0 Å². The van der Waals surface area contributed by atoms with Gasteiger partial charge < -0.3 is 5.32 Å². The largest absolute Gasteiger partial charge is 0.304 e. The number of carbonyl (C=O) groups excluding carboxylic acids is 1. The molecule has 0 aliphatic heterocycles. The van der Waals surface area contributed by atoms with Gasteiger partial charge in [-0.25, -0.2) is 0 Å². The van der Waals surface area contributed by atoms with Crippen molar-refractivity contribution in [3.8, 4) is 0 Å². The maximum atomic E-state index is 12.9. The first-order chi connectivity index (χ1) is 15.3. The number of hydrogen-bond donors (Lipinski definition) is 1. The van der Waals surface area contributed by atoms with Crippen molar-refractivity contribution in [1.29, 1.82) is 0 Å². The third-order valence-electron chi connectivity index (χ3n) is 5.23. The fourth-order valence-electron chi connectivity index (χ4n) is 3.44. The molecule has 0 aliphatic carbocycles. The van der Waals surface area contributed by atoms with Crippen LogP contribution in [0.3, 0.4) is 0 Å². The van der Waals surface area contributed by atoms with Gasteiger partial charge >= 0.3 is 0 Å². The van der Waals surface area contributed by atoms with Gasteiger partial charge in [-0.2, -0.15) is 10.2 Å². The highest BCUT2D eigenvalue weighted by molar-refractivity contribution is 9.10. The van der Waals surface area contributed by atoms with Gasteiger partial charge in [-0.3, -0.25) is 14.2 Å². The van der Waals surface area contributed by atoms with Gasteiger partial charge in [0, 0.05) is 11.8 Å². The number of aryl methyl sites for hydroxylation is 2. The lowest BCUT2D eigenvalue weighted by Gasteiger charge is -2.08. The molecule has 4 aromatic rings. The average molecular weight is 513 g/mol. The van der Waals surface area contributed by atoms with E-state index in [1.807, 2.05) is 42.9 Å². The van der Waals surface area contributed by atoms with Crippen LogP contribution in [0.1, 0.15) is 38.4 Å².